The van der Waals surface area contributed by atoms with Crippen LogP contribution < -0.4 is 0 Å². The Morgan fingerprint density at radius 1 is 0.191 bits per heavy atom. The van der Waals surface area contributed by atoms with Crippen molar-refractivity contribution in [3.8, 4) is 0 Å². The van der Waals surface area contributed by atoms with Crippen molar-refractivity contribution in [3.05, 3.63) is 0 Å². The van der Waals surface area contributed by atoms with E-state index in [9.17, 15) is 133 Å². The lowest BCUT2D eigenvalue weighted by Gasteiger charge is -2.49. The topological polar surface area (TPSA) is 664 Å². The van der Waals surface area contributed by atoms with Crippen LogP contribution in [0.1, 0.15) is 0 Å². The van der Waals surface area contributed by atoms with Crippen LogP contribution in [0.2, 0.25) is 0 Å². The monoisotopic (exact) mass is 1310 g/mol. The molecule has 8 aliphatic heterocycles. The van der Waals surface area contributed by atoms with Crippen LogP contribution in [0.3, 0.4) is 0 Å². The molecule has 26 N–H and O–H groups in total. The standard InChI is InChI=1S/C48H82O41/c49-1-9-17(56)19(58)28(67)43(77-9)84-36-12(4-52)80-45(31(70)23(36)62)86-35-11(3-51)79-42(30(69)22(35)61)75-8-16-40(21(60)27(66)41(74)76-16)89-48-34(73)26(65)39(15(7-55)83-48)88-47-33(72)25(64)38(14(6-54)82-47)87-46-32(71)24(63)37(13(5-53)81-46)85-44-29(68)20(59)18(57)10(2-50)78-44/h9-74H,1-8H2/t9-,10-,11-,12-,13-,14-,15-,16-,17-,18-,19+,20+,21-,22-,23-,24-,25-,26-,27+,28-,29-,30+,31+,32+,33+,34+,35-,36-,37-,38-,39-,40-,41?,42+,43+,44+,45+,46+,47+,48+/m1/s1. The van der Waals surface area contributed by atoms with Gasteiger partial charge in [-0.05, 0) is 0 Å². The maximum atomic E-state index is 11.4. The molecule has 8 heterocycles. The van der Waals surface area contributed by atoms with Gasteiger partial charge in [-0.1, -0.05) is 0 Å². The molecule has 8 saturated heterocycles. The predicted molar refractivity (Wildman–Crippen MR) is 264 cm³/mol. The summed E-state index contributed by atoms with van der Waals surface area (Å²) in [5.74, 6) is 0. The van der Waals surface area contributed by atoms with E-state index in [1.54, 1.807) is 0 Å². The first-order chi connectivity index (χ1) is 42.2. The molecule has 0 spiro atoms. The lowest BCUT2D eigenvalue weighted by Crippen LogP contribution is -2.68. The molecule has 1 unspecified atom stereocenters. The molecule has 8 rings (SSSR count). The fourth-order valence-electron chi connectivity index (χ4n) is 11.4. The molecule has 0 radical (unpaired) electrons. The van der Waals surface area contributed by atoms with Crippen molar-refractivity contribution in [3.63, 3.8) is 0 Å². The van der Waals surface area contributed by atoms with Gasteiger partial charge in [0.05, 0.1) is 52.9 Å². The highest BCUT2D eigenvalue weighted by Gasteiger charge is 2.59. The van der Waals surface area contributed by atoms with Crippen molar-refractivity contribution in [2.24, 2.45) is 0 Å². The lowest BCUT2D eigenvalue weighted by atomic mass is 9.95. The molecular weight excluding hydrogens is 1230 g/mol. The molecule has 0 saturated carbocycles. The molecule has 89 heavy (non-hydrogen) atoms. The highest BCUT2D eigenvalue weighted by atomic mass is 16.8. The Bertz CT molecular complexity index is 2120. The van der Waals surface area contributed by atoms with Crippen LogP contribution in [0.4, 0.5) is 0 Å². The van der Waals surface area contributed by atoms with Gasteiger partial charge >= 0.3 is 0 Å². The first-order valence-corrected chi connectivity index (χ1v) is 28.2. The number of aliphatic hydroxyl groups is 26. The molecule has 0 aromatic carbocycles. The van der Waals surface area contributed by atoms with Crippen molar-refractivity contribution in [1.29, 1.82) is 0 Å². The maximum Gasteiger partial charge on any atom is 0.187 e. The average Bonchev–Trinajstić information content (AvgIpc) is 0.914. The van der Waals surface area contributed by atoms with Gasteiger partial charge in [-0.3, -0.25) is 0 Å². The average molecular weight is 1320 g/mol. The normalized spacial score (nSPS) is 53.6. The number of hydrogen-bond acceptors (Lipinski definition) is 41. The van der Waals surface area contributed by atoms with Gasteiger partial charge in [0, 0.05) is 0 Å². The van der Waals surface area contributed by atoms with E-state index in [1.807, 2.05) is 0 Å². The molecule has 520 valence electrons. The van der Waals surface area contributed by atoms with E-state index >= 15 is 0 Å². The van der Waals surface area contributed by atoms with Crippen LogP contribution in [0, 0.1) is 0 Å². The van der Waals surface area contributed by atoms with E-state index in [-0.39, 0.29) is 0 Å². The summed E-state index contributed by atoms with van der Waals surface area (Å²) in [6.45, 7) is -7.87. The maximum absolute atomic E-state index is 11.4. The van der Waals surface area contributed by atoms with E-state index in [2.05, 4.69) is 0 Å². The molecule has 0 aromatic rings. The summed E-state index contributed by atoms with van der Waals surface area (Å²) in [7, 11) is 0. The molecule has 0 aromatic heterocycles. The van der Waals surface area contributed by atoms with E-state index in [0.29, 0.717) is 0 Å². The summed E-state index contributed by atoms with van der Waals surface area (Å²) >= 11 is 0. The number of hydrogen-bond donors (Lipinski definition) is 26. The van der Waals surface area contributed by atoms with Crippen molar-refractivity contribution in [2.45, 2.75) is 246 Å². The van der Waals surface area contributed by atoms with E-state index < -0.39 is 299 Å². The van der Waals surface area contributed by atoms with E-state index in [4.69, 9.17) is 71.1 Å². The van der Waals surface area contributed by atoms with Crippen LogP contribution >= 0.6 is 0 Å². The van der Waals surface area contributed by atoms with Gasteiger partial charge in [-0.25, -0.2) is 0 Å². The second-order valence-corrected chi connectivity index (χ2v) is 22.4. The molecule has 8 fully saturated rings. The molecule has 41 heteroatoms. The molecule has 8 aliphatic rings. The van der Waals surface area contributed by atoms with Gasteiger partial charge in [0.15, 0.2) is 50.3 Å². The number of rotatable bonds is 22. The fourth-order valence-corrected chi connectivity index (χ4v) is 11.4. The molecular formula is C48H82O41. The minimum atomic E-state index is -2.29. The molecule has 0 amide bonds. The Morgan fingerprint density at radius 2 is 0.393 bits per heavy atom. The first kappa shape index (κ1) is 73.2. The summed E-state index contributed by atoms with van der Waals surface area (Å²) in [5.41, 5.74) is 0. The van der Waals surface area contributed by atoms with Gasteiger partial charge < -0.3 is 204 Å². The third kappa shape index (κ3) is 15.2. The summed E-state index contributed by atoms with van der Waals surface area (Å²) in [4.78, 5) is 0. The van der Waals surface area contributed by atoms with E-state index in [0.717, 1.165) is 0 Å². The fraction of sp³-hybridized carbons (Fsp3) is 1.00. The Labute approximate surface area is 501 Å². The largest absolute Gasteiger partial charge is 0.394 e. The van der Waals surface area contributed by atoms with Crippen molar-refractivity contribution < 1.29 is 204 Å². The van der Waals surface area contributed by atoms with Crippen LogP contribution in [-0.2, 0) is 71.1 Å². The van der Waals surface area contributed by atoms with Crippen LogP contribution in [0.25, 0.3) is 0 Å². The zero-order valence-corrected chi connectivity index (χ0v) is 46.5. The lowest BCUT2D eigenvalue weighted by molar-refractivity contribution is -0.394. The highest BCUT2D eigenvalue weighted by molar-refractivity contribution is 5.01. The highest BCUT2D eigenvalue weighted by Crippen LogP contribution is 2.38. The SMILES string of the molecule is OC[C@H]1O[C@@H](O[C@H]2[C@H](O)[C@H](O)[C@H](O[C@H]3[C@H](O)[C@H](O)[C@H](O[C@H]4[C@H](O)[C@H](O)[C@H](O[C@H]5[C@H](O)[C@H](O)C(O)O[C@@H]5CO[C@H]5O[C@H](CO)[C@@H](O[C@@H]6O[C@H](CO)[C@@H](O[C@@H]7O[C@H](CO)[C@@H](O)[C@H](O)[C@H]7O)[C@H](O)[C@@H]6O)[C@H](O)[C@@H]5O)O[C@@H]4CO)O[C@@H]3CO)O[C@@H]2CO)[C@H](O)[C@@H](O)[C@@H]1O. The summed E-state index contributed by atoms with van der Waals surface area (Å²) in [5, 5.41) is 276. The third-order valence-corrected chi connectivity index (χ3v) is 16.6. The Kier molecular flexibility index (Phi) is 25.9. The zero-order chi connectivity index (χ0) is 65.4. The molecule has 0 aliphatic carbocycles. The Hall–Kier alpha value is -1.64. The van der Waals surface area contributed by atoms with Crippen LogP contribution in [-0.4, -0.2) is 431 Å². The van der Waals surface area contributed by atoms with Gasteiger partial charge in [0.25, 0.3) is 0 Å². The molecule has 41 nitrogen and oxygen atoms in total. The summed E-state index contributed by atoms with van der Waals surface area (Å²) in [6, 6.07) is 0. The van der Waals surface area contributed by atoms with Gasteiger partial charge in [0.2, 0.25) is 0 Å². The minimum absolute atomic E-state index is 0.854. The van der Waals surface area contributed by atoms with Crippen LogP contribution in [0.5, 0.6) is 0 Å². The molecule has 40 atom stereocenters. The second-order valence-electron chi connectivity index (χ2n) is 22.4. The van der Waals surface area contributed by atoms with Gasteiger partial charge in [0.1, 0.15) is 195 Å². The third-order valence-electron chi connectivity index (χ3n) is 16.6. The van der Waals surface area contributed by atoms with Crippen molar-refractivity contribution in [1.82, 2.24) is 0 Å². The number of ether oxygens (including phenoxy) is 15. The van der Waals surface area contributed by atoms with Crippen LogP contribution in [0.15, 0.2) is 0 Å². The predicted octanol–water partition coefficient (Wildman–Crippen LogP) is -18.5. The van der Waals surface area contributed by atoms with E-state index in [1.165, 1.54) is 0 Å². The zero-order valence-electron chi connectivity index (χ0n) is 46.5. The Morgan fingerprint density at radius 3 is 0.652 bits per heavy atom. The second kappa shape index (κ2) is 31.5. The summed E-state index contributed by atoms with van der Waals surface area (Å²) < 4.78 is 83.5. The smallest absolute Gasteiger partial charge is 0.187 e. The minimum Gasteiger partial charge on any atom is -0.394 e. The van der Waals surface area contributed by atoms with Crippen molar-refractivity contribution >= 4 is 0 Å². The van der Waals surface area contributed by atoms with Gasteiger partial charge in [-0.15, -0.1) is 0 Å². The number of aliphatic hydroxyl groups excluding tert-OH is 26. The van der Waals surface area contributed by atoms with Gasteiger partial charge in [-0.2, -0.15) is 0 Å². The summed E-state index contributed by atoms with van der Waals surface area (Å²) in [6.07, 6.45) is -78.3. The molecule has 0 bridgehead atoms. The quantitative estimate of drug-likeness (QED) is 0.0479. The first-order valence-electron chi connectivity index (χ1n) is 28.2. The Balaban J connectivity index is 0.864. The van der Waals surface area contributed by atoms with Crippen molar-refractivity contribution in [2.75, 3.05) is 52.9 Å².